The molecule has 110 valence electrons. The predicted molar refractivity (Wildman–Crippen MR) is 93.3 cm³/mol. The van der Waals surface area contributed by atoms with Gasteiger partial charge in [-0.05, 0) is 61.5 Å². The van der Waals surface area contributed by atoms with E-state index in [0.29, 0.717) is 11.7 Å². The lowest BCUT2D eigenvalue weighted by Gasteiger charge is -2.13. The molecule has 0 amide bonds. The van der Waals surface area contributed by atoms with E-state index in [0.717, 1.165) is 23.5 Å². The van der Waals surface area contributed by atoms with E-state index < -0.39 is 0 Å². The number of benzene rings is 2. The number of ether oxygens (including phenoxy) is 1. The lowest BCUT2D eigenvalue weighted by atomic mass is 10.1. The molecular weight excluding hydrogens is 280 g/mol. The summed E-state index contributed by atoms with van der Waals surface area (Å²) in [4.78, 5) is 0. The van der Waals surface area contributed by atoms with Gasteiger partial charge in [0.2, 0.25) is 0 Å². The number of hydrogen-bond acceptors (Lipinski definition) is 2. The largest absolute Gasteiger partial charge is 0.494 e. The van der Waals surface area contributed by atoms with Crippen molar-refractivity contribution < 1.29 is 4.74 Å². The Hall–Kier alpha value is -2.07. The van der Waals surface area contributed by atoms with E-state index in [1.54, 1.807) is 0 Å². The predicted octanol–water partition coefficient (Wildman–Crippen LogP) is 4.46. The summed E-state index contributed by atoms with van der Waals surface area (Å²) in [6, 6.07) is 15.9. The molecule has 3 nitrogen and oxygen atoms in total. The van der Waals surface area contributed by atoms with E-state index in [9.17, 15) is 0 Å². The monoisotopic (exact) mass is 300 g/mol. The second-order valence-electron chi connectivity index (χ2n) is 4.55. The Morgan fingerprint density at radius 2 is 1.71 bits per heavy atom. The Morgan fingerprint density at radius 1 is 1.00 bits per heavy atom. The lowest BCUT2D eigenvalue weighted by molar-refractivity contribution is 0.340. The van der Waals surface area contributed by atoms with Gasteiger partial charge in [0, 0.05) is 11.4 Å². The first-order valence-electron chi connectivity index (χ1n) is 7.11. The van der Waals surface area contributed by atoms with Gasteiger partial charge in [0.1, 0.15) is 5.75 Å². The van der Waals surface area contributed by atoms with Gasteiger partial charge in [0.25, 0.3) is 0 Å². The van der Waals surface area contributed by atoms with Crippen LogP contribution in [-0.4, -0.2) is 11.7 Å². The van der Waals surface area contributed by atoms with Crippen LogP contribution in [-0.2, 0) is 6.42 Å². The van der Waals surface area contributed by atoms with Gasteiger partial charge in [-0.3, -0.25) is 0 Å². The van der Waals surface area contributed by atoms with Crippen LogP contribution in [0.2, 0.25) is 0 Å². The normalized spacial score (nSPS) is 10.0. The number of aryl methyl sites for hydroxylation is 1. The molecule has 0 bridgehead atoms. The van der Waals surface area contributed by atoms with Crippen molar-refractivity contribution >= 4 is 28.7 Å². The van der Waals surface area contributed by atoms with Gasteiger partial charge >= 0.3 is 0 Å². The van der Waals surface area contributed by atoms with E-state index in [-0.39, 0.29) is 0 Å². The molecule has 0 heterocycles. The average Bonchev–Trinajstić information content (AvgIpc) is 2.50. The van der Waals surface area contributed by atoms with Gasteiger partial charge in [0.05, 0.1) is 6.61 Å². The van der Waals surface area contributed by atoms with Gasteiger partial charge in [0.15, 0.2) is 5.11 Å². The molecule has 4 heteroatoms. The molecule has 0 unspecified atom stereocenters. The molecule has 0 aliphatic rings. The topological polar surface area (TPSA) is 33.3 Å². The van der Waals surface area contributed by atoms with Crippen molar-refractivity contribution in [1.29, 1.82) is 0 Å². The number of hydrogen-bond donors (Lipinski definition) is 2. The molecule has 0 aliphatic carbocycles. The van der Waals surface area contributed by atoms with Crippen molar-refractivity contribution in [3.63, 3.8) is 0 Å². The molecule has 2 aromatic carbocycles. The van der Waals surface area contributed by atoms with Gasteiger partial charge in [-0.1, -0.05) is 25.1 Å². The van der Waals surface area contributed by atoms with Crippen LogP contribution in [0, 0.1) is 0 Å². The maximum absolute atomic E-state index is 5.42. The van der Waals surface area contributed by atoms with Gasteiger partial charge in [-0.2, -0.15) is 0 Å². The van der Waals surface area contributed by atoms with Gasteiger partial charge in [-0.25, -0.2) is 0 Å². The Balaban J connectivity index is 1.98. The minimum atomic E-state index is 0.583. The molecular formula is C17H20N2OS. The minimum absolute atomic E-state index is 0.583. The molecule has 21 heavy (non-hydrogen) atoms. The lowest BCUT2D eigenvalue weighted by Crippen LogP contribution is -2.19. The van der Waals surface area contributed by atoms with Gasteiger partial charge in [-0.15, -0.1) is 0 Å². The van der Waals surface area contributed by atoms with Gasteiger partial charge < -0.3 is 15.4 Å². The number of rotatable bonds is 5. The third-order valence-corrected chi connectivity index (χ3v) is 3.27. The standard InChI is InChI=1S/C17H20N2OS/c1-3-13-7-5-6-8-16(13)19-17(21)18-14-9-11-15(12-10-14)20-4-2/h5-12H,3-4H2,1-2H3,(H2,18,19,21). The second-order valence-corrected chi connectivity index (χ2v) is 4.96. The summed E-state index contributed by atoms with van der Waals surface area (Å²) in [7, 11) is 0. The molecule has 0 atom stereocenters. The number of para-hydroxylation sites is 1. The van der Waals surface area contributed by atoms with E-state index in [1.165, 1.54) is 5.56 Å². The van der Waals surface area contributed by atoms with Crippen LogP contribution in [0.4, 0.5) is 11.4 Å². The fourth-order valence-electron chi connectivity index (χ4n) is 2.04. The van der Waals surface area contributed by atoms with E-state index in [4.69, 9.17) is 17.0 Å². The summed E-state index contributed by atoms with van der Waals surface area (Å²) in [5, 5.41) is 7.00. The highest BCUT2D eigenvalue weighted by Gasteiger charge is 2.03. The SMILES string of the molecule is CCOc1ccc(NC(=S)Nc2ccccc2CC)cc1. The van der Waals surface area contributed by atoms with Crippen LogP contribution in [0.15, 0.2) is 48.5 Å². The van der Waals surface area contributed by atoms with Crippen molar-refractivity contribution in [2.45, 2.75) is 20.3 Å². The fourth-order valence-corrected chi connectivity index (χ4v) is 2.26. The number of nitrogens with one attached hydrogen (secondary N) is 2. The van der Waals surface area contributed by atoms with E-state index in [1.807, 2.05) is 49.4 Å². The first-order chi connectivity index (χ1) is 10.2. The quantitative estimate of drug-likeness (QED) is 0.799. The number of thiocarbonyl (C=S) groups is 1. The summed E-state index contributed by atoms with van der Waals surface area (Å²) in [6.07, 6.45) is 0.967. The summed E-state index contributed by atoms with van der Waals surface area (Å²) in [5.41, 5.74) is 3.22. The van der Waals surface area contributed by atoms with Crippen molar-refractivity contribution in [1.82, 2.24) is 0 Å². The highest BCUT2D eigenvalue weighted by atomic mass is 32.1. The van der Waals surface area contributed by atoms with Crippen LogP contribution in [0.5, 0.6) is 5.75 Å². The fraction of sp³-hybridized carbons (Fsp3) is 0.235. The first kappa shape index (κ1) is 15.3. The van der Waals surface area contributed by atoms with Crippen molar-refractivity contribution in [2.75, 3.05) is 17.2 Å². The zero-order valence-corrected chi connectivity index (χ0v) is 13.2. The first-order valence-corrected chi connectivity index (χ1v) is 7.52. The van der Waals surface area contributed by atoms with Crippen molar-refractivity contribution in [3.05, 3.63) is 54.1 Å². The molecule has 0 fully saturated rings. The Morgan fingerprint density at radius 3 is 2.38 bits per heavy atom. The molecule has 0 spiro atoms. The molecule has 2 N–H and O–H groups in total. The Kier molecular flexibility index (Phi) is 5.58. The smallest absolute Gasteiger partial charge is 0.175 e. The van der Waals surface area contributed by atoms with Crippen LogP contribution < -0.4 is 15.4 Å². The van der Waals surface area contributed by atoms with Crippen LogP contribution >= 0.6 is 12.2 Å². The molecule has 0 aromatic heterocycles. The van der Waals surface area contributed by atoms with Crippen LogP contribution in [0.1, 0.15) is 19.4 Å². The molecule has 0 radical (unpaired) electrons. The Bertz CT molecular complexity index is 596. The maximum Gasteiger partial charge on any atom is 0.175 e. The van der Waals surface area contributed by atoms with Crippen LogP contribution in [0.25, 0.3) is 0 Å². The Labute approximate surface area is 131 Å². The number of anilines is 2. The zero-order valence-electron chi connectivity index (χ0n) is 12.3. The maximum atomic E-state index is 5.42. The molecule has 2 rings (SSSR count). The van der Waals surface area contributed by atoms with Crippen molar-refractivity contribution in [3.8, 4) is 5.75 Å². The van der Waals surface area contributed by atoms with E-state index in [2.05, 4.69) is 23.6 Å². The zero-order chi connectivity index (χ0) is 15.1. The summed E-state index contributed by atoms with van der Waals surface area (Å²) in [5.74, 6) is 0.859. The summed E-state index contributed by atoms with van der Waals surface area (Å²) in [6.45, 7) is 4.76. The second kappa shape index (κ2) is 7.64. The molecule has 0 aliphatic heterocycles. The molecule has 0 saturated heterocycles. The van der Waals surface area contributed by atoms with Crippen LogP contribution in [0.3, 0.4) is 0 Å². The average molecular weight is 300 g/mol. The van der Waals surface area contributed by atoms with E-state index >= 15 is 0 Å². The third-order valence-electron chi connectivity index (χ3n) is 3.07. The molecule has 2 aromatic rings. The third kappa shape index (κ3) is 4.46. The summed E-state index contributed by atoms with van der Waals surface area (Å²) >= 11 is 5.36. The van der Waals surface area contributed by atoms with Crippen molar-refractivity contribution in [2.24, 2.45) is 0 Å². The highest BCUT2D eigenvalue weighted by Crippen LogP contribution is 2.18. The highest BCUT2D eigenvalue weighted by molar-refractivity contribution is 7.80. The summed E-state index contributed by atoms with van der Waals surface area (Å²) < 4.78 is 5.42. The minimum Gasteiger partial charge on any atom is -0.494 e. The molecule has 0 saturated carbocycles.